The number of rotatable bonds is 1. The second kappa shape index (κ2) is 3.97. The lowest BCUT2D eigenvalue weighted by Crippen LogP contribution is -1.87. The maximum absolute atomic E-state index is 12.9. The van der Waals surface area contributed by atoms with Crippen molar-refractivity contribution < 1.29 is 9.50 Å². The molecule has 2 aromatic carbocycles. The number of hydrogen-bond donors (Lipinski definition) is 1. The molecule has 0 atom stereocenters. The van der Waals surface area contributed by atoms with Crippen LogP contribution in [0.5, 0.6) is 5.75 Å². The molecule has 1 nitrogen and oxygen atoms in total. The van der Waals surface area contributed by atoms with E-state index in [1.165, 1.54) is 17.7 Å². The molecule has 0 unspecified atom stereocenters. The maximum Gasteiger partial charge on any atom is 0.164 e. The summed E-state index contributed by atoms with van der Waals surface area (Å²) < 4.78 is 12.9. The van der Waals surface area contributed by atoms with Gasteiger partial charge in [0.25, 0.3) is 0 Å². The Morgan fingerprint density at radius 2 is 1.81 bits per heavy atom. The molecule has 0 aromatic heterocycles. The second-order valence-corrected chi connectivity index (χ2v) is 3.91. The summed E-state index contributed by atoms with van der Waals surface area (Å²) in [6.07, 6.45) is 0. The van der Waals surface area contributed by atoms with Crippen LogP contribution in [0, 0.1) is 19.7 Å². The predicted octanol–water partition coefficient (Wildman–Crippen LogP) is 3.82. The molecule has 0 aliphatic carbocycles. The van der Waals surface area contributed by atoms with Gasteiger partial charge in [-0.25, -0.2) is 4.39 Å². The Morgan fingerprint density at radius 3 is 2.50 bits per heavy atom. The highest BCUT2D eigenvalue weighted by Gasteiger charge is 2.06. The van der Waals surface area contributed by atoms with Gasteiger partial charge in [-0.1, -0.05) is 24.3 Å². The maximum atomic E-state index is 12.9. The standard InChI is InChI=1S/C14H13FO/c1-9-4-3-5-12(10(9)2)11-6-7-13(15)14(16)8-11/h3-8,16H,1-2H3. The van der Waals surface area contributed by atoms with Crippen LogP contribution < -0.4 is 0 Å². The summed E-state index contributed by atoms with van der Waals surface area (Å²) >= 11 is 0. The first-order valence-electron chi connectivity index (χ1n) is 5.14. The first kappa shape index (κ1) is 10.7. The van der Waals surface area contributed by atoms with Crippen molar-refractivity contribution in [2.75, 3.05) is 0 Å². The second-order valence-electron chi connectivity index (χ2n) is 3.91. The quantitative estimate of drug-likeness (QED) is 0.768. The number of hydrogen-bond acceptors (Lipinski definition) is 1. The van der Waals surface area contributed by atoms with Crippen LogP contribution in [0.25, 0.3) is 11.1 Å². The smallest absolute Gasteiger partial charge is 0.164 e. The van der Waals surface area contributed by atoms with Crippen molar-refractivity contribution in [1.29, 1.82) is 0 Å². The molecule has 0 spiro atoms. The zero-order valence-electron chi connectivity index (χ0n) is 9.29. The Labute approximate surface area is 94.2 Å². The summed E-state index contributed by atoms with van der Waals surface area (Å²) in [4.78, 5) is 0. The minimum absolute atomic E-state index is 0.307. The van der Waals surface area contributed by atoms with E-state index in [-0.39, 0.29) is 5.75 Å². The number of aromatic hydroxyl groups is 1. The Bertz CT molecular complexity index is 532. The first-order valence-corrected chi connectivity index (χ1v) is 5.14. The zero-order valence-corrected chi connectivity index (χ0v) is 9.29. The van der Waals surface area contributed by atoms with Gasteiger partial charge in [0, 0.05) is 0 Å². The molecule has 2 aromatic rings. The summed E-state index contributed by atoms with van der Waals surface area (Å²) in [7, 11) is 0. The Hall–Kier alpha value is -1.83. The molecule has 16 heavy (non-hydrogen) atoms. The molecule has 0 radical (unpaired) electrons. The van der Waals surface area contributed by atoms with Crippen LogP contribution in [-0.2, 0) is 0 Å². The molecular weight excluding hydrogens is 203 g/mol. The highest BCUT2D eigenvalue weighted by atomic mass is 19.1. The third-order valence-electron chi connectivity index (χ3n) is 2.86. The van der Waals surface area contributed by atoms with Crippen LogP contribution in [-0.4, -0.2) is 5.11 Å². The van der Waals surface area contributed by atoms with E-state index in [1.54, 1.807) is 6.07 Å². The molecule has 0 saturated heterocycles. The number of phenolic OH excluding ortho intramolecular Hbond substituents is 1. The monoisotopic (exact) mass is 216 g/mol. The molecule has 0 bridgehead atoms. The Kier molecular flexibility index (Phi) is 2.65. The van der Waals surface area contributed by atoms with Gasteiger partial charge in [-0.2, -0.15) is 0 Å². The molecule has 82 valence electrons. The van der Waals surface area contributed by atoms with Gasteiger partial charge < -0.3 is 5.11 Å². The first-order chi connectivity index (χ1) is 7.59. The van der Waals surface area contributed by atoms with Crippen LogP contribution in [0.1, 0.15) is 11.1 Å². The minimum Gasteiger partial charge on any atom is -0.505 e. The number of aryl methyl sites for hydroxylation is 1. The SMILES string of the molecule is Cc1cccc(-c2ccc(F)c(O)c2)c1C. The van der Waals surface area contributed by atoms with Gasteiger partial charge in [0.2, 0.25) is 0 Å². The lowest BCUT2D eigenvalue weighted by Gasteiger charge is -2.09. The van der Waals surface area contributed by atoms with Gasteiger partial charge in [0.05, 0.1) is 0 Å². The summed E-state index contributed by atoms with van der Waals surface area (Å²) in [5.74, 6) is -0.896. The molecular formula is C14H13FO. The molecule has 2 rings (SSSR count). The molecule has 0 aliphatic rings. The molecule has 0 amide bonds. The number of benzene rings is 2. The van der Waals surface area contributed by atoms with E-state index in [0.29, 0.717) is 0 Å². The lowest BCUT2D eigenvalue weighted by molar-refractivity contribution is 0.433. The summed E-state index contributed by atoms with van der Waals surface area (Å²) in [5, 5.41) is 9.35. The van der Waals surface area contributed by atoms with Crippen LogP contribution in [0.3, 0.4) is 0 Å². The van der Waals surface area contributed by atoms with E-state index in [0.717, 1.165) is 16.7 Å². The minimum atomic E-state index is -0.589. The van der Waals surface area contributed by atoms with Gasteiger partial charge in [0.15, 0.2) is 11.6 Å². The van der Waals surface area contributed by atoms with E-state index in [1.807, 2.05) is 32.0 Å². The highest BCUT2D eigenvalue weighted by Crippen LogP contribution is 2.29. The van der Waals surface area contributed by atoms with Crippen molar-refractivity contribution >= 4 is 0 Å². The van der Waals surface area contributed by atoms with Crippen LogP contribution in [0.2, 0.25) is 0 Å². The van der Waals surface area contributed by atoms with E-state index in [9.17, 15) is 9.50 Å². The summed E-state index contributed by atoms with van der Waals surface area (Å²) in [5.41, 5.74) is 4.19. The third kappa shape index (κ3) is 1.78. The van der Waals surface area contributed by atoms with Crippen LogP contribution >= 0.6 is 0 Å². The van der Waals surface area contributed by atoms with Crippen molar-refractivity contribution in [3.63, 3.8) is 0 Å². The molecule has 0 saturated carbocycles. The van der Waals surface area contributed by atoms with Crippen molar-refractivity contribution in [3.05, 3.63) is 53.3 Å². The van der Waals surface area contributed by atoms with Crippen LogP contribution in [0.4, 0.5) is 4.39 Å². The average molecular weight is 216 g/mol. The normalized spacial score (nSPS) is 10.4. The van der Waals surface area contributed by atoms with Crippen molar-refractivity contribution in [1.82, 2.24) is 0 Å². The van der Waals surface area contributed by atoms with Crippen LogP contribution in [0.15, 0.2) is 36.4 Å². The summed E-state index contributed by atoms with van der Waals surface area (Å²) in [6, 6.07) is 10.4. The van der Waals surface area contributed by atoms with E-state index in [2.05, 4.69) is 0 Å². The van der Waals surface area contributed by atoms with Crippen molar-refractivity contribution in [3.8, 4) is 16.9 Å². The van der Waals surface area contributed by atoms with Gasteiger partial charge in [-0.05, 0) is 48.2 Å². The molecule has 2 heteroatoms. The number of phenols is 1. The fraction of sp³-hybridized carbons (Fsp3) is 0.143. The van der Waals surface area contributed by atoms with Gasteiger partial charge in [-0.3, -0.25) is 0 Å². The van der Waals surface area contributed by atoms with E-state index in [4.69, 9.17) is 0 Å². The predicted molar refractivity (Wildman–Crippen MR) is 63.0 cm³/mol. The van der Waals surface area contributed by atoms with E-state index >= 15 is 0 Å². The fourth-order valence-electron chi connectivity index (χ4n) is 1.74. The Morgan fingerprint density at radius 1 is 1.06 bits per heavy atom. The van der Waals surface area contributed by atoms with Crippen molar-refractivity contribution in [2.45, 2.75) is 13.8 Å². The molecule has 0 fully saturated rings. The third-order valence-corrected chi connectivity index (χ3v) is 2.86. The fourth-order valence-corrected chi connectivity index (χ4v) is 1.74. The van der Waals surface area contributed by atoms with Crippen molar-refractivity contribution in [2.24, 2.45) is 0 Å². The van der Waals surface area contributed by atoms with Gasteiger partial charge in [0.1, 0.15) is 0 Å². The summed E-state index contributed by atoms with van der Waals surface area (Å²) in [6.45, 7) is 4.05. The lowest BCUT2D eigenvalue weighted by atomic mass is 9.97. The average Bonchev–Trinajstić information content (AvgIpc) is 2.26. The largest absolute Gasteiger partial charge is 0.505 e. The highest BCUT2D eigenvalue weighted by molar-refractivity contribution is 5.69. The molecule has 1 N–H and O–H groups in total. The number of halogens is 1. The topological polar surface area (TPSA) is 20.2 Å². The zero-order chi connectivity index (χ0) is 11.7. The Balaban J connectivity index is 2.59. The molecule has 0 aliphatic heterocycles. The van der Waals surface area contributed by atoms with Gasteiger partial charge >= 0.3 is 0 Å². The van der Waals surface area contributed by atoms with E-state index < -0.39 is 5.82 Å². The molecule has 0 heterocycles. The van der Waals surface area contributed by atoms with Gasteiger partial charge in [-0.15, -0.1) is 0 Å².